The maximum Gasteiger partial charge on any atom is 0.308 e. The second-order valence-electron chi connectivity index (χ2n) is 5.23. The zero-order valence-corrected chi connectivity index (χ0v) is 14.7. The van der Waals surface area contributed by atoms with Gasteiger partial charge in [0.15, 0.2) is 0 Å². The van der Waals surface area contributed by atoms with Crippen molar-refractivity contribution in [2.45, 2.75) is 13.3 Å². The summed E-state index contributed by atoms with van der Waals surface area (Å²) in [6.07, 6.45) is 1.78. The Morgan fingerprint density at radius 2 is 2.08 bits per heavy atom. The van der Waals surface area contributed by atoms with Crippen molar-refractivity contribution in [3.63, 3.8) is 0 Å². The van der Waals surface area contributed by atoms with Gasteiger partial charge in [-0.2, -0.15) is 0 Å². The Morgan fingerprint density at radius 1 is 1.42 bits per heavy atom. The number of rotatable bonds is 6. The van der Waals surface area contributed by atoms with Gasteiger partial charge in [-0.3, -0.25) is 14.9 Å². The summed E-state index contributed by atoms with van der Waals surface area (Å²) < 4.78 is 5.21. The molecule has 0 amide bonds. The molecule has 0 fully saturated rings. The second kappa shape index (κ2) is 7.87. The summed E-state index contributed by atoms with van der Waals surface area (Å²) >= 11 is 3.26. The summed E-state index contributed by atoms with van der Waals surface area (Å²) in [5.74, 6) is 0.0341. The van der Waals surface area contributed by atoms with Crippen molar-refractivity contribution in [2.24, 2.45) is 5.92 Å². The number of aromatic nitrogens is 1. The van der Waals surface area contributed by atoms with Gasteiger partial charge in [0.05, 0.1) is 22.4 Å². The highest BCUT2D eigenvalue weighted by Crippen LogP contribution is 2.27. The monoisotopic (exact) mass is 393 g/mol. The summed E-state index contributed by atoms with van der Waals surface area (Å²) in [4.78, 5) is 25.7. The molecule has 2 aromatic rings. The van der Waals surface area contributed by atoms with E-state index in [1.165, 1.54) is 19.4 Å². The third-order valence-electron chi connectivity index (χ3n) is 3.40. The highest BCUT2D eigenvalue weighted by Gasteiger charge is 2.14. The van der Waals surface area contributed by atoms with Gasteiger partial charge in [-0.05, 0) is 40.0 Å². The maximum atomic E-state index is 11.4. The van der Waals surface area contributed by atoms with Gasteiger partial charge in [-0.25, -0.2) is 4.98 Å². The number of halogens is 1. The van der Waals surface area contributed by atoms with Crippen LogP contribution >= 0.6 is 15.9 Å². The van der Waals surface area contributed by atoms with Gasteiger partial charge in [0, 0.05) is 11.8 Å². The first-order valence-corrected chi connectivity index (χ1v) is 7.93. The number of nitro groups is 1. The van der Waals surface area contributed by atoms with Crippen LogP contribution in [0.4, 0.5) is 17.2 Å². The lowest BCUT2D eigenvalue weighted by Crippen LogP contribution is -2.15. The minimum Gasteiger partial charge on any atom is -0.469 e. The summed E-state index contributed by atoms with van der Waals surface area (Å²) in [5.41, 5.74) is 1.71. The topological polar surface area (TPSA) is 94.4 Å². The Hall–Kier alpha value is -2.48. The van der Waals surface area contributed by atoms with Gasteiger partial charge >= 0.3 is 5.97 Å². The molecule has 1 aromatic carbocycles. The molecule has 0 saturated heterocycles. The second-order valence-corrected chi connectivity index (χ2v) is 6.09. The predicted octanol–water partition coefficient (Wildman–Crippen LogP) is 3.85. The normalized spacial score (nSPS) is 11.6. The molecule has 1 atom stereocenters. The fourth-order valence-corrected chi connectivity index (χ4v) is 2.55. The largest absolute Gasteiger partial charge is 0.469 e. The van der Waals surface area contributed by atoms with Crippen LogP contribution in [0.1, 0.15) is 12.5 Å². The lowest BCUT2D eigenvalue weighted by atomic mass is 10.0. The summed E-state index contributed by atoms with van der Waals surface area (Å²) in [6, 6.07) is 8.91. The van der Waals surface area contributed by atoms with Crippen LogP contribution in [0.25, 0.3) is 0 Å². The Balaban J connectivity index is 2.06. The van der Waals surface area contributed by atoms with Crippen molar-refractivity contribution < 1.29 is 14.5 Å². The Bertz CT molecular complexity index is 749. The molecule has 0 aliphatic carbocycles. The zero-order chi connectivity index (χ0) is 17.7. The molecule has 0 bridgehead atoms. The third-order valence-corrected chi connectivity index (χ3v) is 4.00. The van der Waals surface area contributed by atoms with E-state index in [4.69, 9.17) is 4.74 Å². The SMILES string of the molecule is COC(=O)C(C)Cc1ccc(Nc2ncc([N+](=O)[O-])cc2Br)cc1. The first-order chi connectivity index (χ1) is 11.4. The molecular formula is C16H16BrN3O4. The number of anilines is 2. The van der Waals surface area contributed by atoms with Crippen LogP contribution in [-0.2, 0) is 16.0 Å². The molecule has 8 heteroatoms. The van der Waals surface area contributed by atoms with E-state index in [1.54, 1.807) is 0 Å². The number of methoxy groups -OCH3 is 1. The van der Waals surface area contributed by atoms with E-state index < -0.39 is 4.92 Å². The molecule has 1 N–H and O–H groups in total. The molecule has 0 saturated carbocycles. The molecule has 7 nitrogen and oxygen atoms in total. The van der Waals surface area contributed by atoms with Crippen LogP contribution in [-0.4, -0.2) is 23.0 Å². The van der Waals surface area contributed by atoms with E-state index in [0.717, 1.165) is 11.3 Å². The van der Waals surface area contributed by atoms with E-state index in [1.807, 2.05) is 31.2 Å². The van der Waals surface area contributed by atoms with Gasteiger partial charge in [0.2, 0.25) is 0 Å². The van der Waals surface area contributed by atoms with E-state index in [-0.39, 0.29) is 17.6 Å². The number of esters is 1. The number of nitrogens with zero attached hydrogens (tertiary/aromatic N) is 2. The lowest BCUT2D eigenvalue weighted by Gasteiger charge is -2.11. The molecule has 2 rings (SSSR count). The molecule has 0 aliphatic rings. The van der Waals surface area contributed by atoms with Crippen LogP contribution < -0.4 is 5.32 Å². The Morgan fingerprint density at radius 3 is 2.62 bits per heavy atom. The first-order valence-electron chi connectivity index (χ1n) is 7.14. The van der Waals surface area contributed by atoms with Crippen molar-refractivity contribution in [3.8, 4) is 0 Å². The number of carbonyl (C=O) groups excluding carboxylic acids is 1. The van der Waals surface area contributed by atoms with Gasteiger partial charge in [0.1, 0.15) is 12.0 Å². The van der Waals surface area contributed by atoms with E-state index >= 15 is 0 Å². The Kier molecular flexibility index (Phi) is 5.86. The summed E-state index contributed by atoms with van der Waals surface area (Å²) in [7, 11) is 1.38. The molecule has 1 unspecified atom stereocenters. The van der Waals surface area contributed by atoms with E-state index in [2.05, 4.69) is 26.2 Å². The molecule has 0 aliphatic heterocycles. The smallest absolute Gasteiger partial charge is 0.308 e. The van der Waals surface area contributed by atoms with Gasteiger partial charge in [-0.1, -0.05) is 19.1 Å². The number of ether oxygens (including phenoxy) is 1. The quantitative estimate of drug-likeness (QED) is 0.454. The standard InChI is InChI=1S/C16H16BrN3O4/c1-10(16(21)24-2)7-11-3-5-12(6-4-11)19-15-14(17)8-13(9-18-15)20(22)23/h3-6,8-10H,7H2,1-2H3,(H,18,19). The average molecular weight is 394 g/mol. The molecule has 126 valence electrons. The van der Waals surface area contributed by atoms with Crippen molar-refractivity contribution in [3.05, 3.63) is 56.7 Å². The van der Waals surface area contributed by atoms with Crippen LogP contribution in [0.2, 0.25) is 0 Å². The van der Waals surface area contributed by atoms with Crippen molar-refractivity contribution in [2.75, 3.05) is 12.4 Å². The molecular weight excluding hydrogens is 378 g/mol. The zero-order valence-electron chi connectivity index (χ0n) is 13.2. The number of nitrogens with one attached hydrogen (secondary N) is 1. The fraction of sp³-hybridized carbons (Fsp3) is 0.250. The van der Waals surface area contributed by atoms with Crippen LogP contribution in [0.5, 0.6) is 0 Å². The molecule has 1 aromatic heterocycles. The number of hydrogen-bond donors (Lipinski definition) is 1. The van der Waals surface area contributed by atoms with E-state index in [9.17, 15) is 14.9 Å². The van der Waals surface area contributed by atoms with Gasteiger partial charge < -0.3 is 10.1 Å². The minimum atomic E-state index is -0.501. The summed E-state index contributed by atoms with van der Waals surface area (Å²) in [5, 5.41) is 13.8. The van der Waals surface area contributed by atoms with Crippen LogP contribution in [0.3, 0.4) is 0 Å². The number of benzene rings is 1. The minimum absolute atomic E-state index is 0.0837. The van der Waals surface area contributed by atoms with Crippen molar-refractivity contribution in [1.29, 1.82) is 0 Å². The van der Waals surface area contributed by atoms with E-state index in [0.29, 0.717) is 16.7 Å². The number of hydrogen-bond acceptors (Lipinski definition) is 6. The maximum absolute atomic E-state index is 11.4. The highest BCUT2D eigenvalue weighted by molar-refractivity contribution is 9.10. The molecule has 24 heavy (non-hydrogen) atoms. The van der Waals surface area contributed by atoms with Gasteiger partial charge in [-0.15, -0.1) is 0 Å². The number of carbonyl (C=O) groups is 1. The van der Waals surface area contributed by atoms with Crippen LogP contribution in [0.15, 0.2) is 41.0 Å². The van der Waals surface area contributed by atoms with Gasteiger partial charge in [0.25, 0.3) is 5.69 Å². The molecule has 1 heterocycles. The average Bonchev–Trinajstić information content (AvgIpc) is 2.57. The number of pyridine rings is 1. The first kappa shape index (κ1) is 17.9. The van der Waals surface area contributed by atoms with Crippen molar-refractivity contribution in [1.82, 2.24) is 4.98 Å². The Labute approximate surface area is 147 Å². The molecule has 0 spiro atoms. The third kappa shape index (κ3) is 4.51. The fourth-order valence-electron chi connectivity index (χ4n) is 2.12. The highest BCUT2D eigenvalue weighted by atomic mass is 79.9. The molecule has 0 radical (unpaired) electrons. The van der Waals surface area contributed by atoms with Crippen molar-refractivity contribution >= 4 is 39.1 Å². The summed E-state index contributed by atoms with van der Waals surface area (Å²) in [6.45, 7) is 1.82. The predicted molar refractivity (Wildman–Crippen MR) is 93.2 cm³/mol. The van der Waals surface area contributed by atoms with Crippen LogP contribution in [0, 0.1) is 16.0 Å². The lowest BCUT2D eigenvalue weighted by molar-refractivity contribution is -0.385.